The van der Waals surface area contributed by atoms with Crippen LogP contribution in [0.1, 0.15) is 11.1 Å². The summed E-state index contributed by atoms with van der Waals surface area (Å²) in [7, 11) is 1.96. The Bertz CT molecular complexity index is 776. The Morgan fingerprint density at radius 3 is 2.58 bits per heavy atom. The summed E-state index contributed by atoms with van der Waals surface area (Å²) >= 11 is 12.4. The van der Waals surface area contributed by atoms with Crippen LogP contribution in [-0.4, -0.2) is 26.1 Å². The fourth-order valence-corrected chi connectivity index (χ4v) is 2.96. The van der Waals surface area contributed by atoms with E-state index in [1.165, 1.54) is 0 Å². The summed E-state index contributed by atoms with van der Waals surface area (Å²) < 4.78 is 5.46. The quantitative estimate of drug-likeness (QED) is 0.673. The highest BCUT2D eigenvalue weighted by atomic mass is 35.5. The number of aryl methyl sites for hydroxylation is 1. The number of hydrogen-bond donors (Lipinski definition) is 2. The van der Waals surface area contributed by atoms with E-state index in [-0.39, 0.29) is 5.91 Å². The van der Waals surface area contributed by atoms with E-state index in [0.717, 1.165) is 21.8 Å². The summed E-state index contributed by atoms with van der Waals surface area (Å²) in [5.74, 6) is 0.663. The van der Waals surface area contributed by atoms with E-state index in [0.29, 0.717) is 35.4 Å². The van der Waals surface area contributed by atoms with Crippen LogP contribution in [0.15, 0.2) is 49.1 Å². The lowest BCUT2D eigenvalue weighted by atomic mass is 10.2. The summed E-state index contributed by atoms with van der Waals surface area (Å²) in [5, 5.41) is 3.72. The molecule has 2 aromatic carbocycles. The molecule has 1 atom stereocenters. The van der Waals surface area contributed by atoms with Gasteiger partial charge in [-0.05, 0) is 42.8 Å². The van der Waals surface area contributed by atoms with Crippen molar-refractivity contribution in [1.82, 2.24) is 0 Å². The Morgan fingerprint density at radius 2 is 1.92 bits per heavy atom. The number of hydrogen-bond acceptors (Lipinski definition) is 2. The van der Waals surface area contributed by atoms with Gasteiger partial charge in [0.1, 0.15) is 18.9 Å². The molecule has 0 spiro atoms. The minimum Gasteiger partial charge on any atom is -0.490 e. The highest BCUT2D eigenvalue weighted by molar-refractivity contribution is 6.40. The zero-order valence-electron chi connectivity index (χ0n) is 14.9. The van der Waals surface area contributed by atoms with Gasteiger partial charge in [0.15, 0.2) is 6.54 Å². The molecule has 0 saturated heterocycles. The van der Waals surface area contributed by atoms with E-state index < -0.39 is 0 Å². The van der Waals surface area contributed by atoms with Crippen molar-refractivity contribution in [2.45, 2.75) is 13.5 Å². The lowest BCUT2D eigenvalue weighted by Gasteiger charge is -2.16. The van der Waals surface area contributed by atoms with E-state index >= 15 is 0 Å². The standard InChI is InChI=1S/C20H22Cl2N2O2/c1-4-11-26-16-8-6-15(7-9-16)12-24(3)13-18(25)23-20-17(21)10-5-14(2)19(20)22/h4-10H,1,11-13H2,2-3H3,(H,23,25)/p+1. The minimum absolute atomic E-state index is 0.136. The smallest absolute Gasteiger partial charge is 0.279 e. The van der Waals surface area contributed by atoms with Crippen molar-refractivity contribution in [2.24, 2.45) is 0 Å². The van der Waals surface area contributed by atoms with Crippen molar-refractivity contribution in [1.29, 1.82) is 0 Å². The summed E-state index contributed by atoms with van der Waals surface area (Å²) in [5.41, 5.74) is 2.45. The first-order valence-electron chi connectivity index (χ1n) is 8.29. The van der Waals surface area contributed by atoms with Gasteiger partial charge in [0.05, 0.1) is 22.8 Å². The lowest BCUT2D eigenvalue weighted by Crippen LogP contribution is -3.08. The molecule has 0 aromatic heterocycles. The molecule has 0 aliphatic heterocycles. The highest BCUT2D eigenvalue weighted by Crippen LogP contribution is 2.32. The second-order valence-corrected chi connectivity index (χ2v) is 6.94. The molecule has 0 aliphatic carbocycles. The number of amides is 1. The third-order valence-electron chi connectivity index (χ3n) is 3.81. The Labute approximate surface area is 164 Å². The fourth-order valence-electron chi connectivity index (χ4n) is 2.50. The van der Waals surface area contributed by atoms with Crippen LogP contribution in [0.2, 0.25) is 10.0 Å². The second-order valence-electron chi connectivity index (χ2n) is 6.16. The Morgan fingerprint density at radius 1 is 1.23 bits per heavy atom. The number of carbonyl (C=O) groups excluding carboxylic acids is 1. The zero-order valence-corrected chi connectivity index (χ0v) is 16.5. The SMILES string of the molecule is C=CCOc1ccc(C[NH+](C)CC(=O)Nc2c(Cl)ccc(C)c2Cl)cc1. The largest absolute Gasteiger partial charge is 0.490 e. The number of likely N-dealkylation sites (N-methyl/N-ethyl adjacent to an activating group) is 1. The molecule has 2 rings (SSSR count). The first-order chi connectivity index (χ1) is 12.4. The third kappa shape index (κ3) is 5.77. The molecule has 0 saturated carbocycles. The summed E-state index contributed by atoms with van der Waals surface area (Å²) in [6.45, 7) is 6.99. The number of ether oxygens (including phenoxy) is 1. The molecular formula is C20H23Cl2N2O2+. The van der Waals surface area contributed by atoms with Crippen molar-refractivity contribution < 1.29 is 14.4 Å². The topological polar surface area (TPSA) is 42.8 Å². The molecule has 2 N–H and O–H groups in total. The van der Waals surface area contributed by atoms with Crippen LogP contribution in [0.25, 0.3) is 0 Å². The fraction of sp³-hybridized carbons (Fsp3) is 0.250. The number of anilines is 1. The molecule has 1 unspecified atom stereocenters. The predicted octanol–water partition coefficient (Wildman–Crippen LogP) is 3.52. The predicted molar refractivity (Wildman–Crippen MR) is 107 cm³/mol. The van der Waals surface area contributed by atoms with Crippen LogP contribution in [0.5, 0.6) is 5.75 Å². The van der Waals surface area contributed by atoms with Crippen molar-refractivity contribution in [2.75, 3.05) is 25.5 Å². The van der Waals surface area contributed by atoms with E-state index in [2.05, 4.69) is 11.9 Å². The lowest BCUT2D eigenvalue weighted by molar-refractivity contribution is -0.885. The number of quaternary nitrogens is 1. The van der Waals surface area contributed by atoms with Gasteiger partial charge in [-0.2, -0.15) is 0 Å². The van der Waals surface area contributed by atoms with Crippen molar-refractivity contribution >= 4 is 34.8 Å². The first kappa shape index (κ1) is 20.3. The summed E-state index contributed by atoms with van der Waals surface area (Å²) in [6, 6.07) is 11.4. The maximum atomic E-state index is 12.3. The highest BCUT2D eigenvalue weighted by Gasteiger charge is 2.15. The molecule has 0 heterocycles. The van der Waals surface area contributed by atoms with E-state index in [1.54, 1.807) is 12.1 Å². The minimum atomic E-state index is -0.136. The monoisotopic (exact) mass is 393 g/mol. The van der Waals surface area contributed by atoms with Crippen LogP contribution >= 0.6 is 23.2 Å². The van der Waals surface area contributed by atoms with Crippen LogP contribution in [0.3, 0.4) is 0 Å². The van der Waals surface area contributed by atoms with Gasteiger partial charge < -0.3 is 15.0 Å². The van der Waals surface area contributed by atoms with Crippen LogP contribution in [0.4, 0.5) is 5.69 Å². The van der Waals surface area contributed by atoms with Gasteiger partial charge in [0.2, 0.25) is 0 Å². The average molecular weight is 394 g/mol. The molecule has 2 aromatic rings. The number of benzene rings is 2. The number of nitrogens with one attached hydrogen (secondary N) is 2. The van der Waals surface area contributed by atoms with Gasteiger partial charge in [0, 0.05) is 5.56 Å². The molecule has 26 heavy (non-hydrogen) atoms. The van der Waals surface area contributed by atoms with Gasteiger partial charge in [-0.3, -0.25) is 4.79 Å². The zero-order chi connectivity index (χ0) is 19.1. The van der Waals surface area contributed by atoms with Crippen LogP contribution < -0.4 is 15.0 Å². The maximum Gasteiger partial charge on any atom is 0.279 e. The van der Waals surface area contributed by atoms with Gasteiger partial charge in [-0.25, -0.2) is 0 Å². The van der Waals surface area contributed by atoms with Crippen LogP contribution in [-0.2, 0) is 11.3 Å². The van der Waals surface area contributed by atoms with Gasteiger partial charge in [-0.15, -0.1) is 0 Å². The summed E-state index contributed by atoms with van der Waals surface area (Å²) in [6.07, 6.45) is 1.71. The van der Waals surface area contributed by atoms with Crippen molar-refractivity contribution in [3.8, 4) is 5.75 Å². The molecule has 0 aliphatic rings. The first-order valence-corrected chi connectivity index (χ1v) is 9.04. The Hall–Kier alpha value is -2.01. The number of halogens is 2. The normalized spacial score (nSPS) is 11.7. The summed E-state index contributed by atoms with van der Waals surface area (Å²) in [4.78, 5) is 13.4. The van der Waals surface area contributed by atoms with Gasteiger partial charge in [0.25, 0.3) is 5.91 Å². The van der Waals surface area contributed by atoms with Gasteiger partial charge in [-0.1, -0.05) is 41.9 Å². The average Bonchev–Trinajstić information content (AvgIpc) is 2.61. The van der Waals surface area contributed by atoms with Crippen molar-refractivity contribution in [3.63, 3.8) is 0 Å². The van der Waals surface area contributed by atoms with Gasteiger partial charge >= 0.3 is 0 Å². The van der Waals surface area contributed by atoms with E-state index in [4.69, 9.17) is 27.9 Å². The molecule has 6 heteroatoms. The molecule has 1 amide bonds. The second kappa shape index (κ2) is 9.62. The molecule has 0 bridgehead atoms. The Balaban J connectivity index is 1.91. The third-order valence-corrected chi connectivity index (χ3v) is 4.61. The van der Waals surface area contributed by atoms with Crippen LogP contribution in [0, 0.1) is 6.92 Å². The maximum absolute atomic E-state index is 12.3. The molecule has 138 valence electrons. The molecule has 0 radical (unpaired) electrons. The van der Waals surface area contributed by atoms with Crippen molar-refractivity contribution in [3.05, 3.63) is 70.2 Å². The molecular weight excluding hydrogens is 371 g/mol. The number of rotatable bonds is 8. The van der Waals surface area contributed by atoms with E-state index in [1.807, 2.05) is 44.3 Å². The molecule has 4 nitrogen and oxygen atoms in total. The Kier molecular flexibility index (Phi) is 7.51. The molecule has 0 fully saturated rings. The number of carbonyl (C=O) groups is 1. The van der Waals surface area contributed by atoms with E-state index in [9.17, 15) is 4.79 Å².